The van der Waals surface area contributed by atoms with Gasteiger partial charge in [-0.1, -0.05) is 17.7 Å². The summed E-state index contributed by atoms with van der Waals surface area (Å²) < 4.78 is 1.48. The molecule has 3 N–H and O–H groups in total. The SMILES string of the molecule is C[C@H](N)c1nc2cccc(Cl)c2c(=O)n1C1CN(C(=O)O)C1. The number of hydrogen-bond donors (Lipinski definition) is 2. The fraction of sp³-hybridized carbons (Fsp3) is 0.357. The number of likely N-dealkylation sites (tertiary alicyclic amines) is 1. The molecule has 0 spiro atoms. The summed E-state index contributed by atoms with van der Waals surface area (Å²) >= 11 is 6.12. The molecule has 2 aromatic rings. The summed E-state index contributed by atoms with van der Waals surface area (Å²) in [5, 5.41) is 9.60. The molecule has 3 rings (SSSR count). The van der Waals surface area contributed by atoms with Crippen LogP contribution in [0, 0.1) is 0 Å². The zero-order chi connectivity index (χ0) is 16.0. The number of carbonyl (C=O) groups is 1. The molecular formula is C14H15ClN4O3. The van der Waals surface area contributed by atoms with Crippen LogP contribution in [0.25, 0.3) is 10.9 Å². The standard InChI is InChI=1S/C14H15ClN4O3/c1-7(16)12-17-10-4-2-3-9(15)11(10)13(20)19(12)8-5-18(6-8)14(21)22/h2-4,7-8H,5-6,16H2,1H3,(H,21,22)/t7-/m0/s1. The number of fused-ring (bicyclic) bond motifs is 1. The molecule has 1 saturated heterocycles. The molecule has 1 aliphatic rings. The lowest BCUT2D eigenvalue weighted by molar-refractivity contribution is 0.0827. The first-order valence-corrected chi connectivity index (χ1v) is 7.22. The van der Waals surface area contributed by atoms with E-state index >= 15 is 0 Å². The summed E-state index contributed by atoms with van der Waals surface area (Å²) in [6, 6.07) is 4.35. The predicted molar refractivity (Wildman–Crippen MR) is 82.3 cm³/mol. The number of nitrogens with zero attached hydrogens (tertiary/aromatic N) is 3. The maximum absolute atomic E-state index is 12.8. The maximum atomic E-state index is 12.8. The van der Waals surface area contributed by atoms with Crippen LogP contribution in [0.5, 0.6) is 0 Å². The third kappa shape index (κ3) is 2.22. The molecule has 1 aromatic carbocycles. The smallest absolute Gasteiger partial charge is 0.407 e. The van der Waals surface area contributed by atoms with Gasteiger partial charge in [-0.2, -0.15) is 0 Å². The van der Waals surface area contributed by atoms with E-state index in [1.807, 2.05) is 0 Å². The minimum atomic E-state index is -1.00. The lowest BCUT2D eigenvalue weighted by Crippen LogP contribution is -2.53. The van der Waals surface area contributed by atoms with Crippen molar-refractivity contribution in [2.45, 2.75) is 19.0 Å². The van der Waals surface area contributed by atoms with Gasteiger partial charge in [0.15, 0.2) is 0 Å². The summed E-state index contributed by atoms with van der Waals surface area (Å²) in [5.74, 6) is 0.440. The summed E-state index contributed by atoms with van der Waals surface area (Å²) in [4.78, 5) is 29.4. The molecule has 0 unspecified atom stereocenters. The fourth-order valence-corrected chi connectivity index (χ4v) is 2.92. The lowest BCUT2D eigenvalue weighted by Gasteiger charge is -2.39. The van der Waals surface area contributed by atoms with Crippen molar-refractivity contribution in [3.05, 3.63) is 39.4 Å². The van der Waals surface area contributed by atoms with Gasteiger partial charge in [-0.25, -0.2) is 9.78 Å². The van der Waals surface area contributed by atoms with Crippen molar-refractivity contribution in [2.75, 3.05) is 13.1 Å². The Morgan fingerprint density at radius 1 is 1.50 bits per heavy atom. The first-order chi connectivity index (χ1) is 10.4. The molecule has 1 fully saturated rings. The van der Waals surface area contributed by atoms with Gasteiger partial charge in [-0.15, -0.1) is 0 Å². The largest absolute Gasteiger partial charge is 0.465 e. The number of nitrogens with two attached hydrogens (primary N) is 1. The van der Waals surface area contributed by atoms with Gasteiger partial charge in [0.1, 0.15) is 5.82 Å². The van der Waals surface area contributed by atoms with Crippen LogP contribution in [0.1, 0.15) is 24.8 Å². The first kappa shape index (κ1) is 14.8. The fourth-order valence-electron chi connectivity index (χ4n) is 2.67. The Balaban J connectivity index is 2.18. The highest BCUT2D eigenvalue weighted by molar-refractivity contribution is 6.35. The number of carboxylic acid groups (broad SMARTS) is 1. The van der Waals surface area contributed by atoms with E-state index in [1.165, 1.54) is 9.47 Å². The van der Waals surface area contributed by atoms with Gasteiger partial charge >= 0.3 is 6.09 Å². The zero-order valence-electron chi connectivity index (χ0n) is 11.9. The van der Waals surface area contributed by atoms with Gasteiger partial charge in [0.25, 0.3) is 5.56 Å². The van der Waals surface area contributed by atoms with Crippen LogP contribution in [-0.2, 0) is 0 Å². The molecular weight excluding hydrogens is 308 g/mol. The van der Waals surface area contributed by atoms with Crippen molar-refractivity contribution >= 4 is 28.6 Å². The van der Waals surface area contributed by atoms with E-state index in [1.54, 1.807) is 25.1 Å². The average Bonchev–Trinajstić information content (AvgIpc) is 2.38. The number of halogens is 1. The summed E-state index contributed by atoms with van der Waals surface area (Å²) in [5.41, 5.74) is 6.15. The third-order valence-corrected chi connectivity index (χ3v) is 4.13. The van der Waals surface area contributed by atoms with Crippen molar-refractivity contribution in [1.82, 2.24) is 14.5 Å². The van der Waals surface area contributed by atoms with Crippen molar-refractivity contribution in [3.63, 3.8) is 0 Å². The van der Waals surface area contributed by atoms with E-state index in [-0.39, 0.29) is 24.7 Å². The Morgan fingerprint density at radius 3 is 2.77 bits per heavy atom. The van der Waals surface area contributed by atoms with E-state index in [2.05, 4.69) is 4.98 Å². The molecule has 1 amide bonds. The Kier molecular flexibility index (Phi) is 3.54. The molecule has 2 heterocycles. The first-order valence-electron chi connectivity index (χ1n) is 6.84. The molecule has 1 aromatic heterocycles. The van der Waals surface area contributed by atoms with Gasteiger partial charge in [0.05, 0.1) is 28.0 Å². The second-order valence-corrected chi connectivity index (χ2v) is 5.82. The van der Waals surface area contributed by atoms with Gasteiger partial charge < -0.3 is 15.7 Å². The molecule has 1 aliphatic heterocycles. The van der Waals surface area contributed by atoms with Crippen molar-refractivity contribution < 1.29 is 9.90 Å². The molecule has 0 bridgehead atoms. The Morgan fingerprint density at radius 2 is 2.18 bits per heavy atom. The van der Waals surface area contributed by atoms with Gasteiger partial charge in [0, 0.05) is 13.1 Å². The van der Waals surface area contributed by atoms with Crippen LogP contribution in [0.4, 0.5) is 4.79 Å². The zero-order valence-corrected chi connectivity index (χ0v) is 12.6. The number of rotatable bonds is 2. The molecule has 7 nitrogen and oxygen atoms in total. The minimum absolute atomic E-state index is 0.243. The average molecular weight is 323 g/mol. The van der Waals surface area contributed by atoms with E-state index in [4.69, 9.17) is 22.4 Å². The molecule has 116 valence electrons. The molecule has 0 aliphatic carbocycles. The Bertz CT molecular complexity index is 812. The maximum Gasteiger partial charge on any atom is 0.407 e. The molecule has 22 heavy (non-hydrogen) atoms. The second-order valence-electron chi connectivity index (χ2n) is 5.41. The second kappa shape index (κ2) is 5.26. The van der Waals surface area contributed by atoms with E-state index in [0.29, 0.717) is 21.7 Å². The summed E-state index contributed by atoms with van der Waals surface area (Å²) in [6.07, 6.45) is -1.00. The van der Waals surface area contributed by atoms with Crippen LogP contribution in [0.2, 0.25) is 5.02 Å². The highest BCUT2D eigenvalue weighted by atomic mass is 35.5. The number of amides is 1. The van der Waals surface area contributed by atoms with Gasteiger partial charge in [-0.05, 0) is 19.1 Å². The normalized spacial score (nSPS) is 16.6. The molecule has 1 atom stereocenters. The highest BCUT2D eigenvalue weighted by Gasteiger charge is 2.34. The number of hydrogen-bond acceptors (Lipinski definition) is 4. The van der Waals surface area contributed by atoms with E-state index in [9.17, 15) is 9.59 Å². The quantitative estimate of drug-likeness (QED) is 0.874. The monoisotopic (exact) mass is 322 g/mol. The van der Waals surface area contributed by atoms with Crippen molar-refractivity contribution in [2.24, 2.45) is 5.73 Å². The van der Waals surface area contributed by atoms with Crippen LogP contribution < -0.4 is 11.3 Å². The van der Waals surface area contributed by atoms with Crippen LogP contribution in [0.15, 0.2) is 23.0 Å². The number of benzene rings is 1. The van der Waals surface area contributed by atoms with E-state index in [0.717, 1.165) is 0 Å². The summed E-state index contributed by atoms with van der Waals surface area (Å²) in [6.45, 7) is 2.22. The van der Waals surface area contributed by atoms with Crippen LogP contribution >= 0.6 is 11.6 Å². The Hall–Kier alpha value is -2.12. The topological polar surface area (TPSA) is 101 Å². The number of aromatic nitrogens is 2. The molecule has 8 heteroatoms. The third-order valence-electron chi connectivity index (χ3n) is 3.81. The highest BCUT2D eigenvalue weighted by Crippen LogP contribution is 2.26. The summed E-state index contributed by atoms with van der Waals surface area (Å²) in [7, 11) is 0. The minimum Gasteiger partial charge on any atom is -0.465 e. The lowest BCUT2D eigenvalue weighted by atomic mass is 10.1. The molecule has 0 saturated carbocycles. The van der Waals surface area contributed by atoms with Gasteiger partial charge in [-0.3, -0.25) is 9.36 Å². The predicted octanol–water partition coefficient (Wildman–Crippen LogP) is 1.60. The Labute approximate surface area is 130 Å². The van der Waals surface area contributed by atoms with Crippen molar-refractivity contribution in [1.29, 1.82) is 0 Å². The van der Waals surface area contributed by atoms with Crippen LogP contribution in [-0.4, -0.2) is 38.7 Å². The van der Waals surface area contributed by atoms with Gasteiger partial charge in [0.2, 0.25) is 0 Å². The van der Waals surface area contributed by atoms with Crippen molar-refractivity contribution in [3.8, 4) is 0 Å². The molecule has 0 radical (unpaired) electrons. The van der Waals surface area contributed by atoms with Crippen LogP contribution in [0.3, 0.4) is 0 Å². The van der Waals surface area contributed by atoms with E-state index < -0.39 is 12.1 Å².